The van der Waals surface area contributed by atoms with E-state index >= 15 is 0 Å². The second-order valence-corrected chi connectivity index (χ2v) is 19.2. The molecule has 0 amide bonds. The Labute approximate surface area is 406 Å². The maximum absolute atomic E-state index is 6.65. The van der Waals surface area contributed by atoms with Crippen LogP contribution >= 0.6 is 0 Å². The van der Waals surface area contributed by atoms with Crippen LogP contribution in [0.3, 0.4) is 0 Å². The standard InChI is InChI=1S/C67H46N2O/c1-67(2)62-41-46(68(43-18-5-3-6-19-43)44-20-7-4-8-21-44)33-36-55(62)56-37-34-47(42-63(56)67)69(45-32-35-54-50-24-10-9-22-48(50)49-23-11-12-26-52(49)61(54)40-45)64-39-38-53(51-25-13-14-27-57(51)64)59-29-17-30-60-58-28-15-16-31-65(58)70-66(59)60/h3-42H,1-2H3. The first kappa shape index (κ1) is 40.2. The molecule has 0 atom stereocenters. The number of benzene rings is 12. The van der Waals surface area contributed by atoms with Gasteiger partial charge in [-0.3, -0.25) is 0 Å². The summed E-state index contributed by atoms with van der Waals surface area (Å²) < 4.78 is 6.65. The molecule has 3 nitrogen and oxygen atoms in total. The van der Waals surface area contributed by atoms with Crippen LogP contribution in [0, 0.1) is 0 Å². The zero-order chi connectivity index (χ0) is 46.5. The molecule has 3 heteroatoms. The molecule has 0 N–H and O–H groups in total. The normalized spacial score (nSPS) is 12.8. The Morgan fingerprint density at radius 2 is 0.743 bits per heavy atom. The quantitative estimate of drug-likeness (QED) is 0.149. The van der Waals surface area contributed by atoms with E-state index in [0.29, 0.717) is 0 Å². The molecular formula is C67H46N2O. The van der Waals surface area contributed by atoms with Crippen LogP contribution in [0.5, 0.6) is 0 Å². The molecule has 1 aliphatic carbocycles. The lowest BCUT2D eigenvalue weighted by molar-refractivity contribution is 0.660. The predicted octanol–water partition coefficient (Wildman–Crippen LogP) is 19.1. The summed E-state index contributed by atoms with van der Waals surface area (Å²) in [6.07, 6.45) is 0. The van der Waals surface area contributed by atoms with Gasteiger partial charge in [-0.15, -0.1) is 0 Å². The van der Waals surface area contributed by atoms with Crippen molar-refractivity contribution < 1.29 is 4.42 Å². The van der Waals surface area contributed by atoms with Gasteiger partial charge in [0.25, 0.3) is 0 Å². The van der Waals surface area contributed by atoms with Gasteiger partial charge in [0.05, 0.1) is 5.69 Å². The van der Waals surface area contributed by atoms with Crippen LogP contribution in [0.4, 0.5) is 34.1 Å². The third-order valence-electron chi connectivity index (χ3n) is 15.0. The summed E-state index contributed by atoms with van der Waals surface area (Å²) in [5.41, 5.74) is 15.6. The highest BCUT2D eigenvalue weighted by Crippen LogP contribution is 2.54. The number of para-hydroxylation sites is 4. The van der Waals surface area contributed by atoms with Crippen molar-refractivity contribution in [3.63, 3.8) is 0 Å². The maximum atomic E-state index is 6.65. The van der Waals surface area contributed by atoms with Gasteiger partial charge < -0.3 is 14.2 Å². The molecule has 1 heterocycles. The van der Waals surface area contributed by atoms with Crippen molar-refractivity contribution in [2.24, 2.45) is 0 Å². The van der Waals surface area contributed by atoms with Crippen molar-refractivity contribution in [3.8, 4) is 22.3 Å². The van der Waals surface area contributed by atoms with Gasteiger partial charge in [0.1, 0.15) is 11.2 Å². The molecule has 14 rings (SSSR count). The van der Waals surface area contributed by atoms with Crippen LogP contribution in [0.25, 0.3) is 87.3 Å². The van der Waals surface area contributed by atoms with Crippen molar-refractivity contribution in [1.29, 1.82) is 0 Å². The smallest absolute Gasteiger partial charge is 0.143 e. The second kappa shape index (κ2) is 15.6. The van der Waals surface area contributed by atoms with Crippen LogP contribution in [0.2, 0.25) is 0 Å². The summed E-state index contributed by atoms with van der Waals surface area (Å²) in [4.78, 5) is 4.86. The molecular weight excluding hydrogens is 849 g/mol. The monoisotopic (exact) mass is 894 g/mol. The Hall–Kier alpha value is -8.92. The largest absolute Gasteiger partial charge is 0.455 e. The van der Waals surface area contributed by atoms with Gasteiger partial charge in [0, 0.05) is 55.6 Å². The topological polar surface area (TPSA) is 19.6 Å². The number of anilines is 6. The fourth-order valence-corrected chi connectivity index (χ4v) is 11.7. The van der Waals surface area contributed by atoms with E-state index in [1.807, 2.05) is 6.07 Å². The summed E-state index contributed by atoms with van der Waals surface area (Å²) in [6, 6.07) is 88.7. The Morgan fingerprint density at radius 3 is 1.37 bits per heavy atom. The molecule has 0 unspecified atom stereocenters. The third-order valence-corrected chi connectivity index (χ3v) is 15.0. The van der Waals surface area contributed by atoms with Gasteiger partial charge in [0.2, 0.25) is 0 Å². The van der Waals surface area contributed by atoms with Gasteiger partial charge in [-0.05, 0) is 138 Å². The van der Waals surface area contributed by atoms with E-state index in [-0.39, 0.29) is 5.41 Å². The minimum atomic E-state index is -0.295. The van der Waals surface area contributed by atoms with E-state index in [0.717, 1.165) is 78.0 Å². The highest BCUT2D eigenvalue weighted by atomic mass is 16.3. The third kappa shape index (κ3) is 6.08. The van der Waals surface area contributed by atoms with Gasteiger partial charge in [-0.1, -0.05) is 184 Å². The Balaban J connectivity index is 0.974. The Morgan fingerprint density at radius 1 is 0.286 bits per heavy atom. The van der Waals surface area contributed by atoms with E-state index in [4.69, 9.17) is 4.42 Å². The van der Waals surface area contributed by atoms with Crippen molar-refractivity contribution in [1.82, 2.24) is 0 Å². The molecule has 12 aromatic carbocycles. The average Bonchev–Trinajstić information content (AvgIpc) is 3.91. The molecule has 0 saturated heterocycles. The maximum Gasteiger partial charge on any atom is 0.143 e. The summed E-state index contributed by atoms with van der Waals surface area (Å²) in [5.74, 6) is 0. The minimum Gasteiger partial charge on any atom is -0.455 e. The fraction of sp³-hybridized carbons (Fsp3) is 0.0448. The number of hydrogen-bond donors (Lipinski definition) is 0. The van der Waals surface area contributed by atoms with Crippen molar-refractivity contribution in [3.05, 3.63) is 254 Å². The van der Waals surface area contributed by atoms with Crippen molar-refractivity contribution in [2.45, 2.75) is 19.3 Å². The number of rotatable bonds is 7. The number of fused-ring (bicyclic) bond motifs is 13. The van der Waals surface area contributed by atoms with E-state index in [9.17, 15) is 0 Å². The van der Waals surface area contributed by atoms with Crippen molar-refractivity contribution in [2.75, 3.05) is 9.80 Å². The van der Waals surface area contributed by atoms with Gasteiger partial charge in [-0.2, -0.15) is 0 Å². The zero-order valence-electron chi connectivity index (χ0n) is 38.9. The highest BCUT2D eigenvalue weighted by Gasteiger charge is 2.37. The molecule has 0 fully saturated rings. The fourth-order valence-electron chi connectivity index (χ4n) is 11.7. The predicted molar refractivity (Wildman–Crippen MR) is 296 cm³/mol. The first-order valence-electron chi connectivity index (χ1n) is 24.2. The molecule has 13 aromatic rings. The Kier molecular flexibility index (Phi) is 8.93. The minimum absolute atomic E-state index is 0.295. The van der Waals surface area contributed by atoms with Crippen LogP contribution in [0.1, 0.15) is 25.0 Å². The van der Waals surface area contributed by atoms with Crippen LogP contribution in [-0.2, 0) is 5.41 Å². The first-order chi connectivity index (χ1) is 34.5. The Bertz CT molecular complexity index is 4150. The lowest BCUT2D eigenvalue weighted by atomic mass is 9.82. The first-order valence-corrected chi connectivity index (χ1v) is 24.2. The van der Waals surface area contributed by atoms with Crippen LogP contribution in [-0.4, -0.2) is 0 Å². The van der Waals surface area contributed by atoms with Gasteiger partial charge in [0.15, 0.2) is 0 Å². The molecule has 0 spiro atoms. The molecule has 330 valence electrons. The SMILES string of the molecule is CC1(C)c2cc(N(c3ccccc3)c3ccccc3)ccc2-c2ccc(N(c3ccc4c5ccccc5c5ccccc5c4c3)c3ccc(-c4cccc5c4oc4ccccc45)c4ccccc34)cc21. The molecule has 0 radical (unpaired) electrons. The number of furan rings is 1. The van der Waals surface area contributed by atoms with Crippen LogP contribution in [0.15, 0.2) is 247 Å². The van der Waals surface area contributed by atoms with E-state index in [2.05, 4.69) is 260 Å². The van der Waals surface area contributed by atoms with E-state index in [1.165, 1.54) is 54.6 Å². The van der Waals surface area contributed by atoms with Gasteiger partial charge >= 0.3 is 0 Å². The summed E-state index contributed by atoms with van der Waals surface area (Å²) in [7, 11) is 0. The summed E-state index contributed by atoms with van der Waals surface area (Å²) in [5, 5.41) is 12.1. The van der Waals surface area contributed by atoms with E-state index < -0.39 is 0 Å². The number of hydrogen-bond acceptors (Lipinski definition) is 3. The highest BCUT2D eigenvalue weighted by molar-refractivity contribution is 6.26. The second-order valence-electron chi connectivity index (χ2n) is 19.2. The van der Waals surface area contributed by atoms with Crippen molar-refractivity contribution >= 4 is 99.2 Å². The molecule has 70 heavy (non-hydrogen) atoms. The lowest BCUT2D eigenvalue weighted by Crippen LogP contribution is -2.17. The number of nitrogens with zero attached hydrogens (tertiary/aromatic N) is 2. The molecule has 1 aliphatic rings. The lowest BCUT2D eigenvalue weighted by Gasteiger charge is -2.30. The van der Waals surface area contributed by atoms with E-state index in [1.54, 1.807) is 0 Å². The average molecular weight is 895 g/mol. The molecule has 0 saturated carbocycles. The molecule has 0 aliphatic heterocycles. The van der Waals surface area contributed by atoms with Gasteiger partial charge in [-0.25, -0.2) is 0 Å². The summed E-state index contributed by atoms with van der Waals surface area (Å²) in [6.45, 7) is 4.78. The zero-order valence-corrected chi connectivity index (χ0v) is 38.9. The van der Waals surface area contributed by atoms with Crippen LogP contribution < -0.4 is 9.80 Å². The molecule has 1 aromatic heterocycles. The molecule has 0 bridgehead atoms. The summed E-state index contributed by atoms with van der Waals surface area (Å²) >= 11 is 0.